The average Bonchev–Trinajstić information content (AvgIpc) is 2.53. The first kappa shape index (κ1) is 17.5. The largest absolute Gasteiger partial charge is 0.491 e. The summed E-state index contributed by atoms with van der Waals surface area (Å²) in [6, 6.07) is 16.3. The van der Waals surface area contributed by atoms with Gasteiger partial charge in [0.25, 0.3) is 0 Å². The van der Waals surface area contributed by atoms with Gasteiger partial charge in [0.05, 0.1) is 11.0 Å². The van der Waals surface area contributed by atoms with E-state index in [9.17, 15) is 8.42 Å². The summed E-state index contributed by atoms with van der Waals surface area (Å²) < 4.78 is 32.4. The van der Waals surface area contributed by atoms with Crippen molar-refractivity contribution in [3.8, 4) is 5.75 Å². The Hall–Kier alpha value is -1.85. The maximum atomic E-state index is 12.1. The first-order chi connectivity index (χ1) is 11.0. The van der Waals surface area contributed by atoms with Gasteiger partial charge in [-0.3, -0.25) is 0 Å². The molecule has 0 aromatic heterocycles. The summed E-state index contributed by atoms with van der Waals surface area (Å²) in [5.41, 5.74) is 1.17. The topological polar surface area (TPSA) is 55.4 Å². The second-order valence-corrected chi connectivity index (χ2v) is 7.39. The standard InChI is InChI=1S/C18H23NO3S/c1-15(2)22-17-12-10-16(11-13-17)7-6-14-19-23(20,21)18-8-4-3-5-9-18/h3-5,8-13,15,19H,6-7,14H2,1-2H3. The van der Waals surface area contributed by atoms with Crippen LogP contribution in [-0.4, -0.2) is 21.1 Å². The summed E-state index contributed by atoms with van der Waals surface area (Å²) in [4.78, 5) is 0.301. The van der Waals surface area contributed by atoms with E-state index in [-0.39, 0.29) is 6.10 Å². The lowest BCUT2D eigenvalue weighted by atomic mass is 10.1. The van der Waals surface area contributed by atoms with Crippen LogP contribution in [0.3, 0.4) is 0 Å². The van der Waals surface area contributed by atoms with E-state index >= 15 is 0 Å². The molecule has 5 heteroatoms. The molecule has 0 saturated heterocycles. The third-order valence-corrected chi connectivity index (χ3v) is 4.76. The van der Waals surface area contributed by atoms with Crippen molar-refractivity contribution in [1.82, 2.24) is 4.72 Å². The zero-order valence-corrected chi connectivity index (χ0v) is 14.3. The molecule has 0 radical (unpaired) electrons. The molecule has 0 aliphatic heterocycles. The third-order valence-electron chi connectivity index (χ3n) is 3.28. The van der Waals surface area contributed by atoms with Crippen LogP contribution in [0.2, 0.25) is 0 Å². The van der Waals surface area contributed by atoms with Crippen molar-refractivity contribution >= 4 is 10.0 Å². The van der Waals surface area contributed by atoms with Crippen molar-refractivity contribution in [3.63, 3.8) is 0 Å². The minimum Gasteiger partial charge on any atom is -0.491 e. The van der Waals surface area contributed by atoms with E-state index < -0.39 is 10.0 Å². The summed E-state index contributed by atoms with van der Waals surface area (Å²) in [6.45, 7) is 4.40. The molecule has 0 heterocycles. The fourth-order valence-corrected chi connectivity index (χ4v) is 3.28. The van der Waals surface area contributed by atoms with Crippen LogP contribution in [-0.2, 0) is 16.4 Å². The molecule has 124 valence electrons. The van der Waals surface area contributed by atoms with Gasteiger partial charge in [0.1, 0.15) is 5.75 Å². The Kier molecular flexibility index (Phi) is 6.19. The van der Waals surface area contributed by atoms with E-state index in [0.29, 0.717) is 11.4 Å². The molecule has 0 fully saturated rings. The van der Waals surface area contributed by atoms with E-state index in [1.165, 1.54) is 5.56 Å². The molecule has 23 heavy (non-hydrogen) atoms. The molecular formula is C18H23NO3S. The van der Waals surface area contributed by atoms with Crippen molar-refractivity contribution in [1.29, 1.82) is 0 Å². The van der Waals surface area contributed by atoms with Gasteiger partial charge >= 0.3 is 0 Å². The summed E-state index contributed by atoms with van der Waals surface area (Å²) in [5.74, 6) is 0.855. The monoisotopic (exact) mass is 333 g/mol. The van der Waals surface area contributed by atoms with Crippen LogP contribution in [0.1, 0.15) is 25.8 Å². The van der Waals surface area contributed by atoms with Crippen molar-refractivity contribution in [3.05, 3.63) is 60.2 Å². The predicted octanol–water partition coefficient (Wildman–Crippen LogP) is 3.38. The maximum absolute atomic E-state index is 12.1. The summed E-state index contributed by atoms with van der Waals surface area (Å²) in [7, 11) is -3.40. The Morgan fingerprint density at radius 3 is 2.26 bits per heavy atom. The molecule has 2 aromatic rings. The van der Waals surface area contributed by atoms with Crippen molar-refractivity contribution in [2.45, 2.75) is 37.7 Å². The lowest BCUT2D eigenvalue weighted by Gasteiger charge is -2.10. The molecule has 2 rings (SSSR count). The molecular weight excluding hydrogens is 310 g/mol. The number of benzene rings is 2. The second-order valence-electron chi connectivity index (χ2n) is 5.62. The molecule has 2 aromatic carbocycles. The molecule has 0 aliphatic rings. The van der Waals surface area contributed by atoms with Gasteiger partial charge in [0.15, 0.2) is 0 Å². The van der Waals surface area contributed by atoms with Crippen molar-refractivity contribution < 1.29 is 13.2 Å². The van der Waals surface area contributed by atoms with Gasteiger partial charge in [-0.25, -0.2) is 13.1 Å². The Morgan fingerprint density at radius 2 is 1.65 bits per heavy atom. The number of nitrogens with one attached hydrogen (secondary N) is 1. The van der Waals surface area contributed by atoms with Crippen molar-refractivity contribution in [2.24, 2.45) is 0 Å². The highest BCUT2D eigenvalue weighted by Gasteiger charge is 2.11. The number of ether oxygens (including phenoxy) is 1. The van der Waals surface area contributed by atoms with E-state index in [0.717, 1.165) is 18.6 Å². The summed E-state index contributed by atoms with van der Waals surface area (Å²) in [6.07, 6.45) is 1.73. The molecule has 0 saturated carbocycles. The minimum absolute atomic E-state index is 0.160. The predicted molar refractivity (Wildman–Crippen MR) is 92.2 cm³/mol. The molecule has 4 nitrogen and oxygen atoms in total. The van der Waals surface area contributed by atoms with Gasteiger partial charge < -0.3 is 4.74 Å². The van der Waals surface area contributed by atoms with Crippen LogP contribution < -0.4 is 9.46 Å². The Balaban J connectivity index is 1.79. The van der Waals surface area contributed by atoms with Crippen LogP contribution in [0.5, 0.6) is 5.75 Å². The van der Waals surface area contributed by atoms with Gasteiger partial charge in [0, 0.05) is 6.54 Å². The van der Waals surface area contributed by atoms with Crippen molar-refractivity contribution in [2.75, 3.05) is 6.54 Å². The number of hydrogen-bond acceptors (Lipinski definition) is 3. The fourth-order valence-electron chi connectivity index (χ4n) is 2.19. The molecule has 0 aliphatic carbocycles. The number of sulfonamides is 1. The highest BCUT2D eigenvalue weighted by atomic mass is 32.2. The van der Waals surface area contributed by atoms with Crippen LogP contribution in [0.25, 0.3) is 0 Å². The summed E-state index contributed by atoms with van der Waals surface area (Å²) >= 11 is 0. The van der Waals surface area contributed by atoms with Crippen LogP contribution in [0.4, 0.5) is 0 Å². The second kappa shape index (κ2) is 8.13. The highest BCUT2D eigenvalue weighted by molar-refractivity contribution is 7.89. The first-order valence-electron chi connectivity index (χ1n) is 7.78. The van der Waals surface area contributed by atoms with Gasteiger partial charge in [0.2, 0.25) is 10.0 Å². The van der Waals surface area contributed by atoms with E-state index in [2.05, 4.69) is 4.72 Å². The number of aryl methyl sites for hydroxylation is 1. The highest BCUT2D eigenvalue weighted by Crippen LogP contribution is 2.15. The minimum atomic E-state index is -3.40. The fraction of sp³-hybridized carbons (Fsp3) is 0.333. The SMILES string of the molecule is CC(C)Oc1ccc(CCCNS(=O)(=O)c2ccccc2)cc1. The molecule has 0 spiro atoms. The number of hydrogen-bond donors (Lipinski definition) is 1. The lowest BCUT2D eigenvalue weighted by Crippen LogP contribution is -2.25. The Bertz CT molecular complexity index is 695. The van der Waals surface area contributed by atoms with Crippen LogP contribution >= 0.6 is 0 Å². The van der Waals surface area contributed by atoms with E-state index in [1.807, 2.05) is 38.1 Å². The molecule has 1 N–H and O–H groups in total. The van der Waals surface area contributed by atoms with Crippen LogP contribution in [0.15, 0.2) is 59.5 Å². The van der Waals surface area contributed by atoms with Gasteiger partial charge in [-0.1, -0.05) is 30.3 Å². The Morgan fingerprint density at radius 1 is 1.00 bits per heavy atom. The molecule has 0 atom stereocenters. The lowest BCUT2D eigenvalue weighted by molar-refractivity contribution is 0.242. The Labute approximate surface area is 138 Å². The molecule has 0 unspecified atom stereocenters. The molecule has 0 bridgehead atoms. The van der Waals surface area contributed by atoms with Crippen LogP contribution in [0, 0.1) is 0 Å². The quantitative estimate of drug-likeness (QED) is 0.754. The smallest absolute Gasteiger partial charge is 0.240 e. The zero-order valence-electron chi connectivity index (χ0n) is 13.5. The normalized spacial score (nSPS) is 11.6. The van der Waals surface area contributed by atoms with Gasteiger partial charge in [-0.2, -0.15) is 0 Å². The van der Waals surface area contributed by atoms with Gasteiger partial charge in [-0.05, 0) is 56.5 Å². The van der Waals surface area contributed by atoms with Gasteiger partial charge in [-0.15, -0.1) is 0 Å². The third kappa shape index (κ3) is 5.69. The number of rotatable bonds is 8. The average molecular weight is 333 g/mol. The first-order valence-corrected chi connectivity index (χ1v) is 9.26. The van der Waals surface area contributed by atoms with E-state index in [1.54, 1.807) is 30.3 Å². The summed E-state index contributed by atoms with van der Waals surface area (Å²) in [5, 5.41) is 0. The maximum Gasteiger partial charge on any atom is 0.240 e. The zero-order chi connectivity index (χ0) is 16.7. The van der Waals surface area contributed by atoms with E-state index in [4.69, 9.17) is 4.74 Å². The molecule has 0 amide bonds.